The number of carbonyl (C=O) groups excluding carboxylic acids is 2. The number of benzene rings is 3. The van der Waals surface area contributed by atoms with Gasteiger partial charge in [0.1, 0.15) is 0 Å². The van der Waals surface area contributed by atoms with E-state index >= 15 is 0 Å². The van der Waals surface area contributed by atoms with E-state index in [1.807, 2.05) is 58.0 Å². The Labute approximate surface area is 192 Å². The molecule has 32 heavy (non-hydrogen) atoms. The predicted octanol–water partition coefficient (Wildman–Crippen LogP) is 5.41. The second kappa shape index (κ2) is 10.1. The number of hydrogen-bond acceptors (Lipinski definition) is 4. The first kappa shape index (κ1) is 23.0. The molecule has 7 heteroatoms. The van der Waals surface area contributed by atoms with Crippen molar-refractivity contribution in [3.63, 3.8) is 0 Å². The number of amides is 2. The van der Waals surface area contributed by atoms with Crippen LogP contribution < -0.4 is 16.1 Å². The van der Waals surface area contributed by atoms with Crippen molar-refractivity contribution in [3.8, 4) is 0 Å². The molecule has 0 radical (unpaired) electrons. The van der Waals surface area contributed by atoms with E-state index in [1.54, 1.807) is 24.3 Å². The van der Waals surface area contributed by atoms with Crippen LogP contribution in [-0.2, 0) is 9.59 Å². The third kappa shape index (κ3) is 6.18. The highest BCUT2D eigenvalue weighted by atomic mass is 35.5. The van der Waals surface area contributed by atoms with Crippen molar-refractivity contribution in [2.75, 3.05) is 10.6 Å². The van der Waals surface area contributed by atoms with Crippen LogP contribution in [0.1, 0.15) is 27.8 Å². The van der Waals surface area contributed by atoms with Gasteiger partial charge in [0.15, 0.2) is 0 Å². The average Bonchev–Trinajstić information content (AvgIpc) is 2.71. The van der Waals surface area contributed by atoms with Crippen molar-refractivity contribution in [2.45, 2.75) is 27.7 Å². The van der Waals surface area contributed by atoms with Gasteiger partial charge in [-0.25, -0.2) is 5.43 Å². The Kier molecular flexibility index (Phi) is 7.28. The molecule has 0 saturated heterocycles. The van der Waals surface area contributed by atoms with E-state index in [9.17, 15) is 9.59 Å². The summed E-state index contributed by atoms with van der Waals surface area (Å²) in [6, 6.07) is 17.0. The van der Waals surface area contributed by atoms with Crippen molar-refractivity contribution in [3.05, 3.63) is 87.4 Å². The Morgan fingerprint density at radius 3 is 2.25 bits per heavy atom. The molecule has 0 heterocycles. The van der Waals surface area contributed by atoms with E-state index in [-0.39, 0.29) is 0 Å². The molecule has 0 aliphatic heterocycles. The summed E-state index contributed by atoms with van der Waals surface area (Å²) in [5.41, 5.74) is 9.39. The maximum Gasteiger partial charge on any atom is 0.329 e. The molecule has 0 unspecified atom stereocenters. The number of rotatable bonds is 5. The minimum Gasteiger partial charge on any atom is -0.355 e. The monoisotopic (exact) mass is 448 g/mol. The predicted molar refractivity (Wildman–Crippen MR) is 131 cm³/mol. The van der Waals surface area contributed by atoms with Gasteiger partial charge in [0.05, 0.1) is 6.21 Å². The highest BCUT2D eigenvalue weighted by molar-refractivity contribution is 6.39. The van der Waals surface area contributed by atoms with Gasteiger partial charge in [0.25, 0.3) is 0 Å². The van der Waals surface area contributed by atoms with Crippen LogP contribution in [0.15, 0.2) is 59.7 Å². The van der Waals surface area contributed by atoms with Crippen molar-refractivity contribution >= 4 is 46.7 Å². The Balaban J connectivity index is 1.70. The summed E-state index contributed by atoms with van der Waals surface area (Å²) in [6.07, 6.45) is 1.45. The number of carbonyl (C=O) groups is 2. The van der Waals surface area contributed by atoms with Crippen molar-refractivity contribution in [2.24, 2.45) is 5.10 Å². The molecule has 0 aliphatic carbocycles. The summed E-state index contributed by atoms with van der Waals surface area (Å²) < 4.78 is 0. The topological polar surface area (TPSA) is 82.6 Å². The van der Waals surface area contributed by atoms with Gasteiger partial charge in [0.2, 0.25) is 0 Å². The van der Waals surface area contributed by atoms with E-state index in [4.69, 9.17) is 11.6 Å². The third-order valence-electron chi connectivity index (χ3n) is 4.73. The average molecular weight is 449 g/mol. The number of nitrogens with zero attached hydrogens (tertiary/aromatic N) is 1. The number of halogens is 1. The largest absolute Gasteiger partial charge is 0.355 e. The minimum absolute atomic E-state index is 0.525. The maximum atomic E-state index is 12.2. The second-order valence-electron chi connectivity index (χ2n) is 7.70. The molecule has 6 nitrogen and oxygen atoms in total. The van der Waals surface area contributed by atoms with E-state index in [1.165, 1.54) is 6.21 Å². The molecule has 0 fully saturated rings. The summed E-state index contributed by atoms with van der Waals surface area (Å²) in [7, 11) is 0. The SMILES string of the molecule is Cc1cc(C)cc(NC(=O)C(=O)N/N=C\c2cc(Cl)ccc2Nc2cc(C)ccc2C)c1. The summed E-state index contributed by atoms with van der Waals surface area (Å²) in [6.45, 7) is 7.87. The fraction of sp³-hybridized carbons (Fsp3) is 0.160. The third-order valence-corrected chi connectivity index (χ3v) is 4.97. The highest BCUT2D eigenvalue weighted by Gasteiger charge is 2.13. The fourth-order valence-corrected chi connectivity index (χ4v) is 3.40. The maximum absolute atomic E-state index is 12.2. The highest BCUT2D eigenvalue weighted by Crippen LogP contribution is 2.26. The van der Waals surface area contributed by atoms with Gasteiger partial charge in [-0.05, 0) is 86.3 Å². The zero-order chi connectivity index (χ0) is 23.3. The second-order valence-corrected chi connectivity index (χ2v) is 8.14. The van der Waals surface area contributed by atoms with Crippen LogP contribution in [0.3, 0.4) is 0 Å². The van der Waals surface area contributed by atoms with Crippen molar-refractivity contribution in [1.29, 1.82) is 0 Å². The van der Waals surface area contributed by atoms with Crippen molar-refractivity contribution < 1.29 is 9.59 Å². The fourth-order valence-electron chi connectivity index (χ4n) is 3.22. The molecule has 164 valence electrons. The van der Waals surface area contributed by atoms with Gasteiger partial charge >= 0.3 is 11.8 Å². The van der Waals surface area contributed by atoms with Crippen LogP contribution in [0.5, 0.6) is 0 Å². The van der Waals surface area contributed by atoms with Gasteiger partial charge in [-0.15, -0.1) is 0 Å². The van der Waals surface area contributed by atoms with Gasteiger partial charge < -0.3 is 10.6 Å². The van der Waals surface area contributed by atoms with E-state index < -0.39 is 11.8 Å². The zero-order valence-corrected chi connectivity index (χ0v) is 19.2. The van der Waals surface area contributed by atoms with Gasteiger partial charge in [-0.2, -0.15) is 5.10 Å². The van der Waals surface area contributed by atoms with Gasteiger partial charge in [-0.3, -0.25) is 9.59 Å². The molecule has 0 bridgehead atoms. The Hall–Kier alpha value is -3.64. The first-order valence-corrected chi connectivity index (χ1v) is 10.5. The summed E-state index contributed by atoms with van der Waals surface area (Å²) in [4.78, 5) is 24.3. The lowest BCUT2D eigenvalue weighted by Crippen LogP contribution is -2.32. The molecule has 0 atom stereocenters. The summed E-state index contributed by atoms with van der Waals surface area (Å²) >= 11 is 6.14. The smallest absolute Gasteiger partial charge is 0.329 e. The first-order valence-electron chi connectivity index (χ1n) is 10.1. The van der Waals surface area contributed by atoms with Crippen molar-refractivity contribution in [1.82, 2.24) is 5.43 Å². The quantitative estimate of drug-likeness (QED) is 0.277. The van der Waals surface area contributed by atoms with Crippen LogP contribution in [-0.4, -0.2) is 18.0 Å². The van der Waals surface area contributed by atoms with Gasteiger partial charge in [0, 0.05) is 27.6 Å². The molecular weight excluding hydrogens is 424 g/mol. The molecular formula is C25H25ClN4O2. The number of anilines is 3. The molecule has 0 aromatic heterocycles. The lowest BCUT2D eigenvalue weighted by molar-refractivity contribution is -0.136. The minimum atomic E-state index is -0.869. The van der Waals surface area contributed by atoms with Gasteiger partial charge in [-0.1, -0.05) is 29.8 Å². The zero-order valence-electron chi connectivity index (χ0n) is 18.4. The Morgan fingerprint density at radius 2 is 1.53 bits per heavy atom. The Morgan fingerprint density at radius 1 is 0.812 bits per heavy atom. The Bertz CT molecular complexity index is 1180. The van der Waals surface area contributed by atoms with E-state index in [0.29, 0.717) is 16.3 Å². The summed E-state index contributed by atoms with van der Waals surface area (Å²) in [5.74, 6) is -1.67. The number of hydrogen-bond donors (Lipinski definition) is 3. The van der Waals surface area contributed by atoms with Crippen LogP contribution in [0.2, 0.25) is 5.02 Å². The number of nitrogens with one attached hydrogen (secondary N) is 3. The number of hydrazone groups is 1. The first-order chi connectivity index (χ1) is 15.2. The molecule has 3 aromatic rings. The molecule has 3 rings (SSSR count). The molecule has 0 spiro atoms. The molecule has 2 amide bonds. The standard InChI is InChI=1S/C25H25ClN4O2/c1-15-5-6-18(4)23(12-15)29-22-8-7-20(26)13-19(22)14-27-30-25(32)24(31)28-21-10-16(2)9-17(3)11-21/h5-14,29H,1-4H3,(H,28,31)(H,30,32)/b27-14-. The molecule has 0 aliphatic rings. The normalized spacial score (nSPS) is 10.8. The van der Waals surface area contributed by atoms with Crippen LogP contribution in [0.25, 0.3) is 0 Å². The van der Waals surface area contributed by atoms with E-state index in [0.717, 1.165) is 33.6 Å². The van der Waals surface area contributed by atoms with Crippen LogP contribution in [0, 0.1) is 27.7 Å². The molecule has 0 saturated carbocycles. The van der Waals surface area contributed by atoms with Crippen LogP contribution in [0.4, 0.5) is 17.1 Å². The molecule has 3 aromatic carbocycles. The lowest BCUT2D eigenvalue weighted by atomic mass is 10.1. The lowest BCUT2D eigenvalue weighted by Gasteiger charge is -2.13. The molecule has 3 N–H and O–H groups in total. The van der Waals surface area contributed by atoms with Crippen LogP contribution >= 0.6 is 11.6 Å². The number of aryl methyl sites for hydroxylation is 4. The van der Waals surface area contributed by atoms with E-state index in [2.05, 4.69) is 21.2 Å². The summed E-state index contributed by atoms with van der Waals surface area (Å²) in [5, 5.41) is 10.4.